The minimum Gasteiger partial charge on any atom is -0.140 e. The molecule has 0 N–H and O–H groups in total. The molecule has 0 aliphatic carbocycles. The third-order valence-corrected chi connectivity index (χ3v) is 66.8. The largest absolute Gasteiger partial charge is 0.146 e. The van der Waals surface area contributed by atoms with Gasteiger partial charge in [-0.3, -0.25) is 0 Å². The maximum absolute atomic E-state index is 3.95. The summed E-state index contributed by atoms with van der Waals surface area (Å²) in [4.78, 5) is 33.7. The van der Waals surface area contributed by atoms with Crippen LogP contribution in [0.5, 0.6) is 0 Å². The number of hydrogen-bond donors (Lipinski definition) is 0. The lowest BCUT2D eigenvalue weighted by atomic mass is 10.1. The second kappa shape index (κ2) is 39.4. The highest BCUT2D eigenvalue weighted by Gasteiger charge is 2.45. The van der Waals surface area contributed by atoms with E-state index in [1.54, 1.807) is 0 Å². The molecule has 18 heteroatoms. The van der Waals surface area contributed by atoms with Gasteiger partial charge in [0.05, 0.1) is 43.9 Å². The Kier molecular flexibility index (Phi) is 30.4. The molecule has 14 aromatic heterocycles. The van der Waals surface area contributed by atoms with Crippen molar-refractivity contribution in [2.45, 2.75) is 260 Å². The van der Waals surface area contributed by atoms with Crippen LogP contribution in [0.15, 0.2) is 133 Å². The highest BCUT2D eigenvalue weighted by molar-refractivity contribution is 7.33. The van der Waals surface area contributed by atoms with E-state index in [4.69, 9.17) is 0 Å². The lowest BCUT2D eigenvalue weighted by Gasteiger charge is -2.38. The van der Waals surface area contributed by atoms with E-state index in [-0.39, 0.29) is 0 Å². The van der Waals surface area contributed by atoms with Crippen LogP contribution >= 0.6 is 159 Å². The molecule has 0 nitrogen and oxygen atoms in total. The van der Waals surface area contributed by atoms with Gasteiger partial charge in [-0.2, -0.15) is 0 Å². The fourth-order valence-corrected chi connectivity index (χ4v) is 56.0. The van der Waals surface area contributed by atoms with E-state index in [0.717, 1.165) is 4.88 Å². The van der Waals surface area contributed by atoms with Crippen LogP contribution in [0.25, 0.3) is 119 Å². The third-order valence-electron chi connectivity index (χ3n) is 25.4. The lowest BCUT2D eigenvalue weighted by Crippen LogP contribution is -2.43. The van der Waals surface area contributed by atoms with Gasteiger partial charge < -0.3 is 0 Å². The maximum atomic E-state index is 3.95. The topological polar surface area (TPSA) is 0 Å². The summed E-state index contributed by atoms with van der Waals surface area (Å²) in [7, 11) is -7.18. The van der Waals surface area contributed by atoms with Crippen LogP contribution in [-0.4, -0.2) is 32.3 Å². The van der Waals surface area contributed by atoms with Crippen LogP contribution in [0.4, 0.5) is 0 Å². The molecular formula is C104H118S14Si4. The molecule has 0 saturated carbocycles. The molecule has 0 saturated heterocycles. The molecule has 14 rings (SSSR count). The van der Waals surface area contributed by atoms with Crippen LogP contribution in [0.1, 0.15) is 212 Å². The molecule has 0 aromatic carbocycles. The zero-order valence-electron chi connectivity index (χ0n) is 76.3. The molecule has 0 aliphatic rings. The molecule has 0 fully saturated rings. The first-order valence-corrected chi connectivity index (χ1v) is 63.6. The Labute approximate surface area is 792 Å². The summed E-state index contributed by atoms with van der Waals surface area (Å²) >= 11 is 26.5. The van der Waals surface area contributed by atoms with Gasteiger partial charge in [0.1, 0.15) is 32.3 Å². The van der Waals surface area contributed by atoms with Crippen molar-refractivity contribution < 1.29 is 0 Å². The first kappa shape index (κ1) is 94.3. The molecule has 0 amide bonds. The highest BCUT2D eigenvalue weighted by atomic mass is 32.2. The molecule has 0 spiro atoms. The predicted octanol–water partition coefficient (Wildman–Crippen LogP) is 39.3. The summed E-state index contributed by atoms with van der Waals surface area (Å²) in [6.45, 7) is 66.1. The van der Waals surface area contributed by atoms with Crippen LogP contribution in [0.2, 0.25) is 66.5 Å². The third kappa shape index (κ3) is 19.2. The monoisotopic (exact) mass is 1930 g/mol. The first-order chi connectivity index (χ1) is 57.9. The van der Waals surface area contributed by atoms with E-state index < -0.39 is 32.3 Å². The number of rotatable bonds is 23. The second-order valence-corrected chi connectivity index (χ2v) is 74.4. The van der Waals surface area contributed by atoms with Gasteiger partial charge in [0.2, 0.25) is 0 Å². The van der Waals surface area contributed by atoms with Crippen molar-refractivity contribution in [2.24, 2.45) is 0 Å². The Bertz CT molecular complexity index is 6230. The maximum Gasteiger partial charge on any atom is 0.146 e. The van der Waals surface area contributed by atoms with E-state index in [9.17, 15) is 0 Å². The van der Waals surface area contributed by atoms with Crippen molar-refractivity contribution in [3.63, 3.8) is 0 Å². The zero-order valence-corrected chi connectivity index (χ0v) is 91.8. The SMILES string of the molecule is CC#Cc1cc(-c2ccc(-c3ccc(C#C[Si](C(C)C)(C(C)C)C(C)C)s3)s2)c(-c2sc(C)cc2-c2ccc(-c3ccc(C#C[Si](C(C)C)(C(C)C)C(C)C)s3)s2)s1.Cc1cc(-c2ccc(-c3ccc(C#C[Si](C(C)C)(C(C)C)C(C)C)s3)s2)c(-c2sc(-c3cc4sc(C)cc4s3)cc2-c2ccc(-c3ccc(C#C[Si](C(C)C)(C(C)C)C(C)C)s3)s2)s1. The normalized spacial score (nSPS) is 12.3. The van der Waals surface area contributed by atoms with E-state index in [1.165, 1.54) is 154 Å². The summed E-state index contributed by atoms with van der Waals surface area (Å²) in [6.07, 6.45) is 0. The van der Waals surface area contributed by atoms with Gasteiger partial charge in [0, 0.05) is 115 Å². The summed E-state index contributed by atoms with van der Waals surface area (Å²) in [5.41, 5.74) is 28.6. The van der Waals surface area contributed by atoms with Crippen molar-refractivity contribution in [3.05, 3.63) is 172 Å². The summed E-state index contributed by atoms with van der Waals surface area (Å²) in [6, 6.07) is 51.1. The lowest BCUT2D eigenvalue weighted by molar-refractivity contribution is 0.838. The van der Waals surface area contributed by atoms with Crippen molar-refractivity contribution in [1.82, 2.24) is 0 Å². The molecule has 122 heavy (non-hydrogen) atoms. The Morgan fingerprint density at radius 2 is 0.434 bits per heavy atom. The Morgan fingerprint density at radius 1 is 0.197 bits per heavy atom. The summed E-state index contributed by atoms with van der Waals surface area (Å²) < 4.78 is 2.78. The average molecular weight is 1930 g/mol. The molecule has 0 aliphatic heterocycles. The fraction of sp³-hybridized carbons (Fsp3) is 0.385. The molecule has 0 radical (unpaired) electrons. The van der Waals surface area contributed by atoms with Crippen molar-refractivity contribution in [3.8, 4) is 168 Å². The Hall–Kier alpha value is -5.27. The van der Waals surface area contributed by atoms with Gasteiger partial charge >= 0.3 is 0 Å². The van der Waals surface area contributed by atoms with E-state index >= 15 is 0 Å². The molecule has 634 valence electrons. The summed E-state index contributed by atoms with van der Waals surface area (Å²) in [5.74, 6) is 21.4. The van der Waals surface area contributed by atoms with Crippen molar-refractivity contribution >= 4 is 200 Å². The van der Waals surface area contributed by atoms with Gasteiger partial charge in [-0.05, 0) is 228 Å². The van der Waals surface area contributed by atoms with E-state index in [2.05, 4.69) is 378 Å². The van der Waals surface area contributed by atoms with Crippen LogP contribution in [0, 0.1) is 78.5 Å². The number of thiophene rings is 14. The molecule has 14 aromatic rings. The Balaban J connectivity index is 0.000000211. The van der Waals surface area contributed by atoms with Gasteiger partial charge in [-0.15, -0.1) is 187 Å². The van der Waals surface area contributed by atoms with Gasteiger partial charge in [0.25, 0.3) is 0 Å². The second-order valence-electron chi connectivity index (χ2n) is 36.4. The van der Waals surface area contributed by atoms with Gasteiger partial charge in [-0.25, -0.2) is 0 Å². The van der Waals surface area contributed by atoms with Gasteiger partial charge in [-0.1, -0.05) is 196 Å². The summed E-state index contributed by atoms with van der Waals surface area (Å²) in [5, 5.41) is 0. The number of fused-ring (bicyclic) bond motifs is 1. The van der Waals surface area contributed by atoms with E-state index in [1.807, 2.05) is 166 Å². The molecule has 0 bridgehead atoms. The zero-order chi connectivity index (χ0) is 87.9. The minimum absolute atomic E-state index is 0.624. The van der Waals surface area contributed by atoms with Crippen LogP contribution < -0.4 is 0 Å². The standard InChI is InChI=1S/C54H60S8Si2.C50H58S6Si2/c1-31(2)63(32(3)4,33(5)6)25-23-39-15-17-45(57-39)47-21-19-43(59-47)41-27-37(13)56-53(41)54-42(29-50(62-54)52-30-51-49(61-52)28-38(14)55-51)44-20-22-48(60-44)46-18-16-40(58-46)24-26-64(34(7)8,35(9)10)36(11)12;1-15-16-40-30-42(44-22-24-48(56-44)46-20-18-39(53-46)26-28-58(34(8)9,35(10)11)36(12)13)50(54-40)49-41(29-37(14)51-49)43-21-23-47(55-43)45-19-17-38(52-45)25-27-57(31(2)3,32(4)5)33(6)7/h15-22,27-36H,1-14H3;17-24,29-36H,1-14H3. The molecule has 14 heterocycles. The predicted molar refractivity (Wildman–Crippen MR) is 579 cm³/mol. The van der Waals surface area contributed by atoms with Gasteiger partial charge in [0.15, 0.2) is 0 Å². The van der Waals surface area contributed by atoms with Crippen molar-refractivity contribution in [1.29, 1.82) is 0 Å². The quantitative estimate of drug-likeness (QED) is 0.0442. The molecular weight excluding hydrogens is 1810 g/mol. The van der Waals surface area contributed by atoms with Crippen LogP contribution in [-0.2, 0) is 0 Å². The highest BCUT2D eigenvalue weighted by Crippen LogP contribution is 2.57. The van der Waals surface area contributed by atoms with Crippen LogP contribution in [0.3, 0.4) is 0 Å². The molecule has 0 atom stereocenters. The minimum atomic E-state index is -1.81. The van der Waals surface area contributed by atoms with Crippen molar-refractivity contribution in [2.75, 3.05) is 0 Å². The molecule has 0 unspecified atom stereocenters. The average Bonchev–Trinajstić information content (AvgIpc) is 1.60. The number of hydrogen-bond acceptors (Lipinski definition) is 14. The number of aryl methyl sites for hydroxylation is 3. The smallest absolute Gasteiger partial charge is 0.140 e. The Morgan fingerprint density at radius 3 is 0.730 bits per heavy atom. The van der Waals surface area contributed by atoms with E-state index in [0.29, 0.717) is 66.5 Å². The fourth-order valence-electron chi connectivity index (χ4n) is 19.6. The first-order valence-electron chi connectivity index (χ1n) is 43.3.